The summed E-state index contributed by atoms with van der Waals surface area (Å²) in [5, 5.41) is 2.73. The number of halogens is 1. The summed E-state index contributed by atoms with van der Waals surface area (Å²) in [4.78, 5) is 18.3. The first-order chi connectivity index (χ1) is 7.27. The number of nitrogens with one attached hydrogen (secondary N) is 2. The van der Waals surface area contributed by atoms with Crippen molar-refractivity contribution in [2.45, 2.75) is 6.54 Å². The summed E-state index contributed by atoms with van der Waals surface area (Å²) in [6.45, 7) is 0.413. The van der Waals surface area contributed by atoms with Gasteiger partial charge in [-0.15, -0.1) is 0 Å². The van der Waals surface area contributed by atoms with Crippen molar-refractivity contribution in [1.82, 2.24) is 15.3 Å². The van der Waals surface area contributed by atoms with E-state index in [1.807, 2.05) is 0 Å². The molecule has 0 saturated carbocycles. The van der Waals surface area contributed by atoms with Crippen LogP contribution in [0, 0.1) is 0 Å². The molecule has 0 radical (unpaired) electrons. The molecule has 15 heavy (non-hydrogen) atoms. The molecular formula is C9H8BrN3O2. The average molecular weight is 270 g/mol. The van der Waals surface area contributed by atoms with Crippen LogP contribution in [0.25, 0.3) is 0 Å². The summed E-state index contributed by atoms with van der Waals surface area (Å²) in [5.41, 5.74) is 1.33. The van der Waals surface area contributed by atoms with E-state index in [9.17, 15) is 4.79 Å². The molecule has 6 heteroatoms. The molecule has 2 heterocycles. The van der Waals surface area contributed by atoms with Gasteiger partial charge in [-0.1, -0.05) is 0 Å². The molecule has 2 rings (SSSR count). The molecule has 2 aromatic heterocycles. The van der Waals surface area contributed by atoms with Gasteiger partial charge in [-0.2, -0.15) is 0 Å². The molecule has 0 aliphatic rings. The topological polar surface area (TPSA) is 70.9 Å². The summed E-state index contributed by atoms with van der Waals surface area (Å²) in [7, 11) is 0. The lowest BCUT2D eigenvalue weighted by Crippen LogP contribution is -2.22. The minimum atomic E-state index is -0.190. The van der Waals surface area contributed by atoms with Crippen molar-refractivity contribution in [2.75, 3.05) is 0 Å². The molecule has 0 aromatic carbocycles. The highest BCUT2D eigenvalue weighted by Crippen LogP contribution is 2.17. The van der Waals surface area contributed by atoms with Crippen molar-refractivity contribution < 1.29 is 9.21 Å². The van der Waals surface area contributed by atoms with Gasteiger partial charge in [-0.05, 0) is 22.0 Å². The first kappa shape index (κ1) is 9.97. The third-order valence-electron chi connectivity index (χ3n) is 1.86. The molecule has 0 saturated heterocycles. The van der Waals surface area contributed by atoms with Crippen molar-refractivity contribution in [3.05, 3.63) is 40.8 Å². The van der Waals surface area contributed by atoms with Crippen LogP contribution in [0.1, 0.15) is 16.1 Å². The quantitative estimate of drug-likeness (QED) is 0.891. The lowest BCUT2D eigenvalue weighted by molar-refractivity contribution is 0.0948. The van der Waals surface area contributed by atoms with Crippen molar-refractivity contribution >= 4 is 21.8 Å². The summed E-state index contributed by atoms with van der Waals surface area (Å²) < 4.78 is 5.39. The molecule has 0 aliphatic carbocycles. The summed E-state index contributed by atoms with van der Waals surface area (Å²) in [6, 6.07) is 1.60. The lowest BCUT2D eigenvalue weighted by Gasteiger charge is -2.01. The van der Waals surface area contributed by atoms with Gasteiger partial charge in [0.2, 0.25) is 0 Å². The smallest absolute Gasteiger partial charge is 0.256 e. The molecule has 2 aromatic rings. The molecular weight excluding hydrogens is 262 g/mol. The van der Waals surface area contributed by atoms with Crippen molar-refractivity contribution in [1.29, 1.82) is 0 Å². The van der Waals surface area contributed by atoms with Crippen molar-refractivity contribution in [2.24, 2.45) is 0 Å². The Morgan fingerprint density at radius 3 is 3.13 bits per heavy atom. The minimum absolute atomic E-state index is 0.190. The van der Waals surface area contributed by atoms with Crippen LogP contribution in [0.5, 0.6) is 0 Å². The first-order valence-electron chi connectivity index (χ1n) is 4.26. The van der Waals surface area contributed by atoms with Gasteiger partial charge in [0.25, 0.3) is 5.91 Å². The first-order valence-corrected chi connectivity index (χ1v) is 5.05. The van der Waals surface area contributed by atoms with Crippen molar-refractivity contribution in [3.8, 4) is 0 Å². The summed E-state index contributed by atoms with van der Waals surface area (Å²) in [5.74, 6) is -0.190. The molecule has 0 fully saturated rings. The number of carbonyl (C=O) groups excluding carboxylic acids is 1. The fourth-order valence-electron chi connectivity index (χ4n) is 1.11. The standard InChI is InChI=1S/C9H8BrN3O2/c10-8-7(1-2-15-8)9(14)12-4-6-3-11-5-13-6/h1-3,5H,4H2,(H,11,13)(H,12,14). The van der Waals surface area contributed by atoms with E-state index in [-0.39, 0.29) is 5.91 Å². The van der Waals surface area contributed by atoms with E-state index in [1.54, 1.807) is 18.6 Å². The molecule has 78 valence electrons. The fraction of sp³-hybridized carbons (Fsp3) is 0.111. The van der Waals surface area contributed by atoms with E-state index in [1.165, 1.54) is 6.26 Å². The molecule has 0 spiro atoms. The van der Waals surface area contributed by atoms with Crippen LogP contribution in [0.15, 0.2) is 33.9 Å². The highest BCUT2D eigenvalue weighted by Gasteiger charge is 2.11. The Bertz CT molecular complexity index is 450. The highest BCUT2D eigenvalue weighted by atomic mass is 79.9. The Kier molecular flexibility index (Phi) is 2.86. The fourth-order valence-corrected chi connectivity index (χ4v) is 1.53. The van der Waals surface area contributed by atoms with E-state index in [4.69, 9.17) is 4.42 Å². The van der Waals surface area contributed by atoms with Crippen LogP contribution in [0.3, 0.4) is 0 Å². The van der Waals surface area contributed by atoms with Crippen molar-refractivity contribution in [3.63, 3.8) is 0 Å². The molecule has 0 aliphatic heterocycles. The zero-order chi connectivity index (χ0) is 10.7. The normalized spacial score (nSPS) is 10.2. The van der Waals surface area contributed by atoms with E-state index in [0.717, 1.165) is 5.69 Å². The number of aromatic amines is 1. The number of nitrogens with zero attached hydrogens (tertiary/aromatic N) is 1. The molecule has 5 nitrogen and oxygen atoms in total. The van der Waals surface area contributed by atoms with Gasteiger partial charge in [-0.25, -0.2) is 4.98 Å². The van der Waals surface area contributed by atoms with Crippen LogP contribution in [0.4, 0.5) is 0 Å². The van der Waals surface area contributed by atoms with E-state index < -0.39 is 0 Å². The average Bonchev–Trinajstić information content (AvgIpc) is 2.84. The Morgan fingerprint density at radius 1 is 1.67 bits per heavy atom. The molecule has 0 atom stereocenters. The predicted molar refractivity (Wildman–Crippen MR) is 56.2 cm³/mol. The number of amides is 1. The summed E-state index contributed by atoms with van der Waals surface area (Å²) in [6.07, 6.45) is 4.68. The number of hydrogen-bond donors (Lipinski definition) is 2. The molecule has 1 amide bonds. The van der Waals surface area contributed by atoms with Crippen LogP contribution >= 0.6 is 15.9 Å². The Balaban J connectivity index is 1.96. The molecule has 0 bridgehead atoms. The van der Waals surface area contributed by atoms with Gasteiger partial charge in [0.15, 0.2) is 4.67 Å². The van der Waals surface area contributed by atoms with Gasteiger partial charge < -0.3 is 14.7 Å². The Morgan fingerprint density at radius 2 is 2.53 bits per heavy atom. The second-order valence-corrected chi connectivity index (χ2v) is 3.59. The van der Waals surface area contributed by atoms with Crippen LogP contribution in [0.2, 0.25) is 0 Å². The van der Waals surface area contributed by atoms with E-state index in [0.29, 0.717) is 16.8 Å². The van der Waals surface area contributed by atoms with Gasteiger partial charge in [-0.3, -0.25) is 4.79 Å². The van der Waals surface area contributed by atoms with E-state index in [2.05, 4.69) is 31.2 Å². The molecule has 2 N–H and O–H groups in total. The van der Waals surface area contributed by atoms with Gasteiger partial charge in [0.1, 0.15) is 0 Å². The SMILES string of the molecule is O=C(NCc1cnc[nH]1)c1ccoc1Br. The molecule has 0 unspecified atom stereocenters. The maximum atomic E-state index is 11.6. The van der Waals surface area contributed by atoms with Gasteiger partial charge in [0.05, 0.1) is 30.4 Å². The predicted octanol–water partition coefficient (Wildman–Crippen LogP) is 1.70. The van der Waals surface area contributed by atoms with Crippen LogP contribution in [-0.2, 0) is 6.54 Å². The van der Waals surface area contributed by atoms with Crippen LogP contribution in [-0.4, -0.2) is 15.9 Å². The van der Waals surface area contributed by atoms with Gasteiger partial charge in [0, 0.05) is 6.20 Å². The third kappa shape index (κ3) is 2.27. The lowest BCUT2D eigenvalue weighted by atomic mass is 10.3. The summed E-state index contributed by atoms with van der Waals surface area (Å²) >= 11 is 3.14. The number of imidazole rings is 1. The maximum absolute atomic E-state index is 11.6. The highest BCUT2D eigenvalue weighted by molar-refractivity contribution is 9.10. The second-order valence-electron chi connectivity index (χ2n) is 2.87. The van der Waals surface area contributed by atoms with E-state index >= 15 is 0 Å². The van der Waals surface area contributed by atoms with Crippen LogP contribution < -0.4 is 5.32 Å². The zero-order valence-corrected chi connectivity index (χ0v) is 9.24. The number of furan rings is 1. The second kappa shape index (κ2) is 4.31. The number of hydrogen-bond acceptors (Lipinski definition) is 3. The number of carbonyl (C=O) groups is 1. The van der Waals surface area contributed by atoms with Gasteiger partial charge >= 0.3 is 0 Å². The monoisotopic (exact) mass is 269 g/mol. The third-order valence-corrected chi connectivity index (χ3v) is 2.47. The minimum Gasteiger partial charge on any atom is -0.457 e. The maximum Gasteiger partial charge on any atom is 0.256 e. The largest absolute Gasteiger partial charge is 0.457 e. The number of H-pyrrole nitrogens is 1. The number of rotatable bonds is 3. The Hall–Kier alpha value is -1.56. The zero-order valence-electron chi connectivity index (χ0n) is 7.66. The Labute approximate surface area is 94.0 Å². The number of aromatic nitrogens is 2.